The third kappa shape index (κ3) is 4.27. The lowest BCUT2D eigenvalue weighted by molar-refractivity contribution is -0.138. The molecule has 9 heteroatoms. The summed E-state index contributed by atoms with van der Waals surface area (Å²) in [6.45, 7) is 0. The highest BCUT2D eigenvalue weighted by atomic mass is 19.4. The summed E-state index contributed by atoms with van der Waals surface area (Å²) in [5, 5.41) is 12.5. The number of aliphatic carboxylic acids is 1. The SMILES string of the molecule is [N-]=[N+]=N[C@H](C(=O)O)[C@@H](c1ccc(F)cc1)c1cccc(C(F)(F)F)c1. The van der Waals surface area contributed by atoms with Gasteiger partial charge in [0.1, 0.15) is 11.9 Å². The van der Waals surface area contributed by atoms with Crippen molar-refractivity contribution in [3.05, 3.63) is 81.5 Å². The summed E-state index contributed by atoms with van der Waals surface area (Å²) in [6, 6.07) is 6.93. The van der Waals surface area contributed by atoms with Gasteiger partial charge in [-0.2, -0.15) is 13.2 Å². The molecule has 0 radical (unpaired) electrons. The number of carboxylic acid groups (broad SMARTS) is 1. The van der Waals surface area contributed by atoms with Crippen molar-refractivity contribution in [2.75, 3.05) is 0 Å². The maximum atomic E-state index is 13.1. The zero-order valence-electron chi connectivity index (χ0n) is 12.5. The fourth-order valence-corrected chi connectivity index (χ4v) is 2.45. The summed E-state index contributed by atoms with van der Waals surface area (Å²) in [7, 11) is 0. The topological polar surface area (TPSA) is 86.1 Å². The average molecular weight is 353 g/mol. The number of nitrogens with zero attached hydrogens (tertiary/aromatic N) is 3. The van der Waals surface area contributed by atoms with E-state index in [1.807, 2.05) is 0 Å². The highest BCUT2D eigenvalue weighted by Gasteiger charge is 2.34. The number of azide groups is 1. The molecule has 0 amide bonds. The summed E-state index contributed by atoms with van der Waals surface area (Å²) in [5.74, 6) is -3.32. The molecule has 130 valence electrons. The van der Waals surface area contributed by atoms with Crippen LogP contribution in [0.15, 0.2) is 53.6 Å². The van der Waals surface area contributed by atoms with Crippen LogP contribution in [-0.2, 0) is 11.0 Å². The van der Waals surface area contributed by atoms with Crippen molar-refractivity contribution in [1.29, 1.82) is 0 Å². The fraction of sp³-hybridized carbons (Fsp3) is 0.188. The molecular weight excluding hydrogens is 342 g/mol. The smallest absolute Gasteiger partial charge is 0.416 e. The Balaban J connectivity index is 2.64. The van der Waals surface area contributed by atoms with E-state index in [4.69, 9.17) is 5.53 Å². The Labute approximate surface area is 139 Å². The maximum absolute atomic E-state index is 13.1. The van der Waals surface area contributed by atoms with Crippen LogP contribution < -0.4 is 0 Å². The molecule has 2 rings (SSSR count). The standard InChI is InChI=1S/C16H11F4N3O2/c17-12-6-4-9(5-7-12)13(14(15(24)25)22-23-21)10-2-1-3-11(8-10)16(18,19)20/h1-8,13-14H,(H,24,25)/t13-,14-/m0/s1. The van der Waals surface area contributed by atoms with Gasteiger partial charge in [-0.3, -0.25) is 4.79 Å². The Morgan fingerprint density at radius 3 is 2.28 bits per heavy atom. The number of hydrogen-bond donors (Lipinski definition) is 1. The van der Waals surface area contributed by atoms with Crippen LogP contribution in [0.1, 0.15) is 22.6 Å². The molecule has 2 aromatic rings. The number of carbonyl (C=O) groups is 1. The van der Waals surface area contributed by atoms with Gasteiger partial charge in [-0.15, -0.1) is 0 Å². The van der Waals surface area contributed by atoms with Crippen LogP contribution in [0.2, 0.25) is 0 Å². The quantitative estimate of drug-likeness (QED) is 0.364. The lowest BCUT2D eigenvalue weighted by Crippen LogP contribution is -2.27. The van der Waals surface area contributed by atoms with Gasteiger partial charge >= 0.3 is 12.1 Å². The van der Waals surface area contributed by atoms with E-state index in [2.05, 4.69) is 10.0 Å². The molecule has 2 atom stereocenters. The second-order valence-corrected chi connectivity index (χ2v) is 5.14. The molecule has 0 aliphatic carbocycles. The van der Waals surface area contributed by atoms with Crippen LogP contribution in [-0.4, -0.2) is 17.1 Å². The summed E-state index contributed by atoms with van der Waals surface area (Å²) in [5.41, 5.74) is 7.84. The van der Waals surface area contributed by atoms with Crippen molar-refractivity contribution in [2.24, 2.45) is 5.11 Å². The minimum atomic E-state index is -4.62. The summed E-state index contributed by atoms with van der Waals surface area (Å²) in [6.07, 6.45) is -4.62. The molecule has 5 nitrogen and oxygen atoms in total. The van der Waals surface area contributed by atoms with E-state index in [9.17, 15) is 27.5 Å². The molecule has 0 aromatic heterocycles. The van der Waals surface area contributed by atoms with Crippen molar-refractivity contribution < 1.29 is 27.5 Å². The van der Waals surface area contributed by atoms with Crippen LogP contribution in [0, 0.1) is 5.82 Å². The zero-order valence-corrected chi connectivity index (χ0v) is 12.5. The van der Waals surface area contributed by atoms with Gasteiger partial charge in [-0.05, 0) is 34.9 Å². The molecule has 0 saturated heterocycles. The molecule has 0 aliphatic heterocycles. The largest absolute Gasteiger partial charge is 0.481 e. The number of hydrogen-bond acceptors (Lipinski definition) is 2. The van der Waals surface area contributed by atoms with Gasteiger partial charge in [-0.1, -0.05) is 35.4 Å². The van der Waals surface area contributed by atoms with E-state index in [0.29, 0.717) is 0 Å². The number of rotatable bonds is 5. The highest BCUT2D eigenvalue weighted by Crippen LogP contribution is 2.35. The minimum absolute atomic E-state index is 0.0127. The first-order valence-electron chi connectivity index (χ1n) is 6.93. The van der Waals surface area contributed by atoms with Crippen molar-refractivity contribution in [2.45, 2.75) is 18.1 Å². The molecule has 0 spiro atoms. The zero-order chi connectivity index (χ0) is 18.6. The Kier molecular flexibility index (Phi) is 5.29. The Morgan fingerprint density at radius 1 is 1.12 bits per heavy atom. The fourth-order valence-electron chi connectivity index (χ4n) is 2.45. The first kappa shape index (κ1) is 18.3. The first-order chi connectivity index (χ1) is 11.7. The summed E-state index contributed by atoms with van der Waals surface area (Å²) in [4.78, 5) is 13.9. The predicted octanol–water partition coefficient (Wildman–Crippen LogP) is 4.74. The van der Waals surface area contributed by atoms with E-state index in [0.717, 1.165) is 30.3 Å². The number of alkyl halides is 3. The molecule has 0 heterocycles. The molecule has 0 saturated carbocycles. The third-order valence-electron chi connectivity index (χ3n) is 3.55. The van der Waals surface area contributed by atoms with Crippen LogP contribution >= 0.6 is 0 Å². The number of halogens is 4. The Hall–Kier alpha value is -3.06. The summed E-state index contributed by atoms with van der Waals surface area (Å²) < 4.78 is 52.0. The number of carboxylic acids is 1. The normalized spacial score (nSPS) is 13.6. The first-order valence-corrected chi connectivity index (χ1v) is 6.93. The van der Waals surface area contributed by atoms with E-state index in [1.54, 1.807) is 0 Å². The molecule has 0 aliphatic rings. The van der Waals surface area contributed by atoms with E-state index in [-0.39, 0.29) is 11.1 Å². The van der Waals surface area contributed by atoms with Gasteiger partial charge in [0.15, 0.2) is 0 Å². The molecule has 25 heavy (non-hydrogen) atoms. The molecule has 0 fully saturated rings. The van der Waals surface area contributed by atoms with Gasteiger partial charge < -0.3 is 5.11 Å². The van der Waals surface area contributed by atoms with Gasteiger partial charge in [-0.25, -0.2) is 4.39 Å². The number of benzene rings is 2. The minimum Gasteiger partial charge on any atom is -0.481 e. The van der Waals surface area contributed by atoms with Crippen LogP contribution in [0.4, 0.5) is 17.6 Å². The van der Waals surface area contributed by atoms with Crippen LogP contribution in [0.25, 0.3) is 10.4 Å². The van der Waals surface area contributed by atoms with Gasteiger partial charge in [0.05, 0.1) is 5.56 Å². The van der Waals surface area contributed by atoms with E-state index < -0.39 is 35.5 Å². The van der Waals surface area contributed by atoms with Gasteiger partial charge in [0, 0.05) is 10.8 Å². The Bertz CT molecular complexity index is 813. The monoisotopic (exact) mass is 353 g/mol. The molecular formula is C16H11F4N3O2. The molecule has 1 N–H and O–H groups in total. The lowest BCUT2D eigenvalue weighted by Gasteiger charge is -2.22. The van der Waals surface area contributed by atoms with Crippen molar-refractivity contribution >= 4 is 5.97 Å². The van der Waals surface area contributed by atoms with Crippen molar-refractivity contribution in [3.8, 4) is 0 Å². The van der Waals surface area contributed by atoms with Crippen molar-refractivity contribution in [3.63, 3.8) is 0 Å². The predicted molar refractivity (Wildman–Crippen MR) is 80.3 cm³/mol. The second-order valence-electron chi connectivity index (χ2n) is 5.14. The highest BCUT2D eigenvalue weighted by molar-refractivity contribution is 5.76. The maximum Gasteiger partial charge on any atom is 0.416 e. The van der Waals surface area contributed by atoms with E-state index in [1.165, 1.54) is 18.2 Å². The molecule has 0 bridgehead atoms. The summed E-state index contributed by atoms with van der Waals surface area (Å²) >= 11 is 0. The van der Waals surface area contributed by atoms with Gasteiger partial charge in [0.2, 0.25) is 0 Å². The lowest BCUT2D eigenvalue weighted by atomic mass is 9.84. The van der Waals surface area contributed by atoms with Gasteiger partial charge in [0.25, 0.3) is 0 Å². The van der Waals surface area contributed by atoms with Crippen molar-refractivity contribution in [1.82, 2.24) is 0 Å². The molecule has 2 aromatic carbocycles. The third-order valence-corrected chi connectivity index (χ3v) is 3.55. The second kappa shape index (κ2) is 7.23. The Morgan fingerprint density at radius 2 is 1.76 bits per heavy atom. The van der Waals surface area contributed by atoms with Crippen LogP contribution in [0.5, 0.6) is 0 Å². The van der Waals surface area contributed by atoms with Crippen LogP contribution in [0.3, 0.4) is 0 Å². The van der Waals surface area contributed by atoms with E-state index >= 15 is 0 Å². The molecule has 0 unspecified atom stereocenters. The average Bonchev–Trinajstić information content (AvgIpc) is 2.55.